The van der Waals surface area contributed by atoms with Crippen LogP contribution in [-0.2, 0) is 9.59 Å². The average Bonchev–Trinajstić information content (AvgIpc) is 2.70. The van der Waals surface area contributed by atoms with Gasteiger partial charge >= 0.3 is 11.8 Å². The third kappa shape index (κ3) is 4.03. The lowest BCUT2D eigenvalue weighted by Gasteiger charge is -2.44. The zero-order valence-electron chi connectivity index (χ0n) is 16.0. The van der Waals surface area contributed by atoms with Gasteiger partial charge in [-0.1, -0.05) is 37.3 Å². The number of pyridine rings is 1. The smallest absolute Gasteiger partial charge is 0.313 e. The Balaban J connectivity index is 1.83. The Hall–Kier alpha value is -3.22. The molecule has 28 heavy (non-hydrogen) atoms. The van der Waals surface area contributed by atoms with Gasteiger partial charge in [0.15, 0.2) is 0 Å². The summed E-state index contributed by atoms with van der Waals surface area (Å²) in [5.41, 5.74) is 6.67. The van der Waals surface area contributed by atoms with Gasteiger partial charge < -0.3 is 16.0 Å². The highest BCUT2D eigenvalue weighted by molar-refractivity contribution is 6.39. The molecular formula is C21H24N4O3. The highest BCUT2D eigenvalue weighted by atomic mass is 16.2. The van der Waals surface area contributed by atoms with Crippen LogP contribution in [0, 0.1) is 5.92 Å². The Morgan fingerprint density at radius 1 is 1.11 bits per heavy atom. The number of hydrogen-bond donors (Lipinski definition) is 2. The van der Waals surface area contributed by atoms with Gasteiger partial charge in [0, 0.05) is 12.2 Å². The zero-order valence-corrected chi connectivity index (χ0v) is 16.0. The number of hydrogen-bond acceptors (Lipinski definition) is 4. The fourth-order valence-electron chi connectivity index (χ4n) is 3.63. The van der Waals surface area contributed by atoms with E-state index >= 15 is 0 Å². The molecule has 7 nitrogen and oxygen atoms in total. The predicted octanol–water partition coefficient (Wildman–Crippen LogP) is 2.51. The van der Waals surface area contributed by atoms with Crippen LogP contribution >= 0.6 is 0 Å². The normalized spacial score (nSPS) is 21.8. The number of carbonyl (C=O) groups is 3. The number of rotatable bonds is 3. The van der Waals surface area contributed by atoms with Crippen molar-refractivity contribution in [2.45, 2.75) is 38.8 Å². The SMILES string of the molecule is C[C@@H]1[C@@H](C)CCC(c2ccccc2)N1C(=O)C(=O)Nc1cncc(C(N)=O)c1. The molecule has 1 unspecified atom stereocenters. The number of benzene rings is 1. The minimum Gasteiger partial charge on any atom is -0.366 e. The van der Waals surface area contributed by atoms with E-state index in [9.17, 15) is 14.4 Å². The molecule has 0 radical (unpaired) electrons. The van der Waals surface area contributed by atoms with Gasteiger partial charge in [-0.25, -0.2) is 0 Å². The van der Waals surface area contributed by atoms with Gasteiger partial charge in [-0.2, -0.15) is 0 Å². The van der Waals surface area contributed by atoms with Crippen LogP contribution < -0.4 is 11.1 Å². The molecule has 1 aromatic carbocycles. The summed E-state index contributed by atoms with van der Waals surface area (Å²) in [5, 5.41) is 2.54. The highest BCUT2D eigenvalue weighted by Crippen LogP contribution is 2.37. The number of aromatic nitrogens is 1. The average molecular weight is 380 g/mol. The van der Waals surface area contributed by atoms with Gasteiger partial charge in [-0.3, -0.25) is 19.4 Å². The first kappa shape index (κ1) is 19.5. The summed E-state index contributed by atoms with van der Waals surface area (Å²) in [4.78, 5) is 42.6. The molecule has 3 N–H and O–H groups in total. The second kappa shape index (κ2) is 8.21. The van der Waals surface area contributed by atoms with Gasteiger partial charge in [0.2, 0.25) is 5.91 Å². The van der Waals surface area contributed by atoms with Crippen LogP contribution in [0.1, 0.15) is 48.7 Å². The van der Waals surface area contributed by atoms with Crippen LogP contribution in [0.5, 0.6) is 0 Å². The highest BCUT2D eigenvalue weighted by Gasteiger charge is 2.38. The van der Waals surface area contributed by atoms with E-state index in [1.54, 1.807) is 4.90 Å². The van der Waals surface area contributed by atoms with Crippen LogP contribution in [0.15, 0.2) is 48.8 Å². The quantitative estimate of drug-likeness (QED) is 0.798. The summed E-state index contributed by atoms with van der Waals surface area (Å²) in [5.74, 6) is -1.73. The molecule has 2 heterocycles. The van der Waals surface area contributed by atoms with Crippen LogP contribution in [0.2, 0.25) is 0 Å². The van der Waals surface area contributed by atoms with Crippen LogP contribution in [-0.4, -0.2) is 33.6 Å². The van der Waals surface area contributed by atoms with E-state index in [4.69, 9.17) is 5.73 Å². The standard InChI is InChI=1S/C21H24N4O3/c1-13-8-9-18(15-6-4-3-5-7-15)25(14(13)2)21(28)20(27)24-17-10-16(19(22)26)11-23-12-17/h3-7,10-14,18H,8-9H2,1-2H3,(H2,22,26)(H,24,27)/t13-,14+,18?/m0/s1. The third-order valence-corrected chi connectivity index (χ3v) is 5.39. The maximum atomic E-state index is 13.1. The molecule has 2 aromatic rings. The summed E-state index contributed by atoms with van der Waals surface area (Å²) in [6.07, 6.45) is 4.46. The second-order valence-corrected chi connectivity index (χ2v) is 7.21. The lowest BCUT2D eigenvalue weighted by atomic mass is 9.84. The summed E-state index contributed by atoms with van der Waals surface area (Å²) in [6, 6.07) is 10.9. The van der Waals surface area contributed by atoms with Crippen molar-refractivity contribution in [2.75, 3.05) is 5.32 Å². The number of nitrogens with one attached hydrogen (secondary N) is 1. The lowest BCUT2D eigenvalue weighted by Crippen LogP contribution is -2.51. The minimum absolute atomic E-state index is 0.0766. The van der Waals surface area contributed by atoms with E-state index < -0.39 is 17.7 Å². The van der Waals surface area contributed by atoms with Gasteiger partial charge in [0.1, 0.15) is 0 Å². The molecular weight excluding hydrogens is 356 g/mol. The van der Waals surface area contributed by atoms with Crippen molar-refractivity contribution in [1.82, 2.24) is 9.88 Å². The van der Waals surface area contributed by atoms with Gasteiger partial charge in [0.05, 0.1) is 23.5 Å². The Kier molecular flexibility index (Phi) is 5.73. The molecule has 3 amide bonds. The van der Waals surface area contributed by atoms with Crippen molar-refractivity contribution in [3.05, 3.63) is 59.9 Å². The predicted molar refractivity (Wildman–Crippen MR) is 105 cm³/mol. The molecule has 146 valence electrons. The third-order valence-electron chi connectivity index (χ3n) is 5.39. The van der Waals surface area contributed by atoms with Crippen molar-refractivity contribution in [3.63, 3.8) is 0 Å². The number of piperidine rings is 1. The van der Waals surface area contributed by atoms with E-state index in [-0.39, 0.29) is 29.3 Å². The molecule has 3 atom stereocenters. The van der Waals surface area contributed by atoms with Crippen LogP contribution in [0.25, 0.3) is 0 Å². The van der Waals surface area contributed by atoms with Crippen molar-refractivity contribution < 1.29 is 14.4 Å². The maximum Gasteiger partial charge on any atom is 0.313 e. The number of primary amides is 1. The van der Waals surface area contributed by atoms with E-state index in [0.717, 1.165) is 18.4 Å². The first-order valence-corrected chi connectivity index (χ1v) is 9.32. The van der Waals surface area contributed by atoms with Gasteiger partial charge in [0.25, 0.3) is 0 Å². The molecule has 3 rings (SSSR count). The summed E-state index contributed by atoms with van der Waals surface area (Å²) in [7, 11) is 0. The molecule has 1 fully saturated rings. The molecule has 1 aromatic heterocycles. The number of nitrogens with zero attached hydrogens (tertiary/aromatic N) is 2. The molecule has 1 saturated heterocycles. The Morgan fingerprint density at radius 3 is 2.50 bits per heavy atom. The monoisotopic (exact) mass is 380 g/mol. The molecule has 0 saturated carbocycles. The molecule has 1 aliphatic rings. The van der Waals surface area contributed by atoms with Gasteiger partial charge in [-0.05, 0) is 37.3 Å². The fourth-order valence-corrected chi connectivity index (χ4v) is 3.63. The number of amides is 3. The van der Waals surface area contributed by atoms with Crippen molar-refractivity contribution in [1.29, 1.82) is 0 Å². The zero-order chi connectivity index (χ0) is 20.3. The van der Waals surface area contributed by atoms with E-state index in [1.165, 1.54) is 18.5 Å². The van der Waals surface area contributed by atoms with E-state index in [1.807, 2.05) is 37.3 Å². The van der Waals surface area contributed by atoms with Crippen LogP contribution in [0.4, 0.5) is 5.69 Å². The summed E-state index contributed by atoms with van der Waals surface area (Å²) >= 11 is 0. The second-order valence-electron chi connectivity index (χ2n) is 7.21. The lowest BCUT2D eigenvalue weighted by molar-refractivity contribution is -0.149. The Labute approximate surface area is 163 Å². The molecule has 0 aliphatic carbocycles. The topological polar surface area (TPSA) is 105 Å². The minimum atomic E-state index is -0.759. The molecule has 0 spiro atoms. The fraction of sp³-hybridized carbons (Fsp3) is 0.333. The van der Waals surface area contributed by atoms with Gasteiger partial charge in [-0.15, -0.1) is 0 Å². The van der Waals surface area contributed by atoms with E-state index in [2.05, 4.69) is 17.2 Å². The van der Waals surface area contributed by atoms with E-state index in [0.29, 0.717) is 0 Å². The Bertz CT molecular complexity index is 884. The first-order chi connectivity index (χ1) is 13.4. The molecule has 7 heteroatoms. The number of nitrogens with two attached hydrogens (primary N) is 1. The Morgan fingerprint density at radius 2 is 1.82 bits per heavy atom. The molecule has 0 bridgehead atoms. The van der Waals surface area contributed by atoms with Crippen molar-refractivity contribution >= 4 is 23.4 Å². The number of likely N-dealkylation sites (tertiary alicyclic amines) is 1. The summed E-state index contributed by atoms with van der Waals surface area (Å²) in [6.45, 7) is 4.06. The first-order valence-electron chi connectivity index (χ1n) is 9.32. The number of anilines is 1. The van der Waals surface area contributed by atoms with Crippen molar-refractivity contribution in [2.24, 2.45) is 11.7 Å². The number of carbonyl (C=O) groups excluding carboxylic acids is 3. The maximum absolute atomic E-state index is 13.1. The van der Waals surface area contributed by atoms with Crippen molar-refractivity contribution in [3.8, 4) is 0 Å². The largest absolute Gasteiger partial charge is 0.366 e. The van der Waals surface area contributed by atoms with Crippen LogP contribution in [0.3, 0.4) is 0 Å². The summed E-state index contributed by atoms with van der Waals surface area (Å²) < 4.78 is 0. The molecule has 1 aliphatic heterocycles.